The molecule has 24 heavy (non-hydrogen) atoms. The summed E-state index contributed by atoms with van der Waals surface area (Å²) in [4.78, 5) is 37.3. The first-order valence-corrected chi connectivity index (χ1v) is 7.49. The smallest absolute Gasteiger partial charge is 0.345 e. The molecule has 1 N–H and O–H groups in total. The van der Waals surface area contributed by atoms with Crippen LogP contribution in [-0.4, -0.2) is 41.9 Å². The van der Waals surface area contributed by atoms with E-state index in [1.54, 1.807) is 17.4 Å². The molecule has 1 unspecified atom stereocenters. The summed E-state index contributed by atoms with van der Waals surface area (Å²) in [6.07, 6.45) is -3.46. The lowest BCUT2D eigenvalue weighted by molar-refractivity contribution is -0.146. The minimum Gasteiger partial charge on any atom is -0.345 e. The molecule has 1 aliphatic carbocycles. The van der Waals surface area contributed by atoms with Crippen LogP contribution in [0.15, 0.2) is 24.3 Å². The lowest BCUT2D eigenvalue weighted by Gasteiger charge is -2.22. The molecule has 0 aromatic heterocycles. The number of nitrogens with one attached hydrogen (secondary N) is 1. The Morgan fingerprint density at radius 2 is 1.96 bits per heavy atom. The highest BCUT2D eigenvalue weighted by Crippen LogP contribution is 2.46. The molecular weight excluding hydrogens is 325 g/mol. The molecule has 1 atom stereocenters. The standard InChI is InChI=1S/C16H15F3N2O3/c17-16(18,19)9-20-12(22)8-21-13(23)7-15(14(21)24)6-5-10-3-1-2-4-11(10)15/h1-4H,5-9H2,(H,20,22). The number of amides is 3. The Hall–Kier alpha value is -2.38. The predicted molar refractivity (Wildman–Crippen MR) is 76.8 cm³/mol. The van der Waals surface area contributed by atoms with Gasteiger partial charge in [-0.1, -0.05) is 24.3 Å². The molecule has 128 valence electrons. The zero-order valence-corrected chi connectivity index (χ0v) is 12.7. The van der Waals surface area contributed by atoms with Gasteiger partial charge in [0.25, 0.3) is 0 Å². The van der Waals surface area contributed by atoms with Gasteiger partial charge in [0.05, 0.1) is 5.41 Å². The van der Waals surface area contributed by atoms with Crippen LogP contribution in [0.1, 0.15) is 24.0 Å². The normalized spacial score (nSPS) is 23.0. The highest BCUT2D eigenvalue weighted by Gasteiger charge is 2.55. The van der Waals surface area contributed by atoms with Gasteiger partial charge in [0.1, 0.15) is 13.1 Å². The number of hydrogen-bond donors (Lipinski definition) is 1. The summed E-state index contributed by atoms with van der Waals surface area (Å²) in [6.45, 7) is -2.17. The first-order chi connectivity index (χ1) is 11.2. The van der Waals surface area contributed by atoms with Crippen molar-refractivity contribution in [1.82, 2.24) is 10.2 Å². The number of hydrogen-bond acceptors (Lipinski definition) is 3. The third kappa shape index (κ3) is 2.76. The fourth-order valence-corrected chi connectivity index (χ4v) is 3.45. The number of aryl methyl sites for hydroxylation is 1. The van der Waals surface area contributed by atoms with Crippen molar-refractivity contribution < 1.29 is 27.6 Å². The Morgan fingerprint density at radius 1 is 1.25 bits per heavy atom. The van der Waals surface area contributed by atoms with Crippen LogP contribution in [0.25, 0.3) is 0 Å². The number of imide groups is 1. The van der Waals surface area contributed by atoms with E-state index in [0.29, 0.717) is 12.8 Å². The number of benzene rings is 1. The molecule has 1 aromatic carbocycles. The number of alkyl halides is 3. The summed E-state index contributed by atoms with van der Waals surface area (Å²) in [5.74, 6) is -2.03. The largest absolute Gasteiger partial charge is 0.405 e. The number of fused-ring (bicyclic) bond motifs is 2. The van der Waals surface area contributed by atoms with Crippen molar-refractivity contribution in [2.24, 2.45) is 0 Å². The minimum absolute atomic E-state index is 0.0462. The maximum absolute atomic E-state index is 12.7. The van der Waals surface area contributed by atoms with E-state index in [1.165, 1.54) is 0 Å². The Balaban J connectivity index is 1.75. The van der Waals surface area contributed by atoms with Gasteiger partial charge in [-0.2, -0.15) is 13.2 Å². The molecule has 0 radical (unpaired) electrons. The Morgan fingerprint density at radius 3 is 2.67 bits per heavy atom. The molecule has 1 fully saturated rings. The molecule has 5 nitrogen and oxygen atoms in total. The average molecular weight is 340 g/mol. The topological polar surface area (TPSA) is 66.5 Å². The van der Waals surface area contributed by atoms with E-state index in [1.807, 2.05) is 12.1 Å². The van der Waals surface area contributed by atoms with Crippen LogP contribution < -0.4 is 5.32 Å². The summed E-state index contributed by atoms with van der Waals surface area (Å²) < 4.78 is 36.4. The van der Waals surface area contributed by atoms with Crippen molar-refractivity contribution in [1.29, 1.82) is 0 Å². The Kier molecular flexibility index (Phi) is 3.85. The molecule has 1 aliphatic heterocycles. The van der Waals surface area contributed by atoms with E-state index in [2.05, 4.69) is 0 Å². The zero-order valence-electron chi connectivity index (χ0n) is 12.7. The van der Waals surface area contributed by atoms with Gasteiger partial charge in [-0.05, 0) is 24.0 Å². The van der Waals surface area contributed by atoms with Gasteiger partial charge in [-0.15, -0.1) is 0 Å². The second-order valence-corrected chi connectivity index (χ2v) is 6.09. The van der Waals surface area contributed by atoms with Gasteiger partial charge < -0.3 is 5.32 Å². The van der Waals surface area contributed by atoms with E-state index in [-0.39, 0.29) is 6.42 Å². The molecule has 8 heteroatoms. The van der Waals surface area contributed by atoms with Crippen molar-refractivity contribution in [3.63, 3.8) is 0 Å². The quantitative estimate of drug-likeness (QED) is 0.844. The Labute approximate surface area is 135 Å². The van der Waals surface area contributed by atoms with Crippen molar-refractivity contribution in [2.75, 3.05) is 13.1 Å². The second-order valence-electron chi connectivity index (χ2n) is 6.09. The summed E-state index contributed by atoms with van der Waals surface area (Å²) >= 11 is 0. The zero-order chi connectivity index (χ0) is 17.5. The molecule has 0 bridgehead atoms. The van der Waals surface area contributed by atoms with Crippen molar-refractivity contribution >= 4 is 17.7 Å². The van der Waals surface area contributed by atoms with E-state index in [0.717, 1.165) is 16.0 Å². The summed E-state index contributed by atoms with van der Waals surface area (Å²) in [5.41, 5.74) is 0.793. The number of nitrogens with zero attached hydrogens (tertiary/aromatic N) is 1. The molecule has 1 spiro atoms. The van der Waals surface area contributed by atoms with Gasteiger partial charge >= 0.3 is 6.18 Å². The van der Waals surface area contributed by atoms with Gasteiger partial charge in [-0.3, -0.25) is 19.3 Å². The molecular formula is C16H15F3N2O3. The van der Waals surface area contributed by atoms with Crippen LogP contribution in [0.5, 0.6) is 0 Å². The number of likely N-dealkylation sites (tertiary alicyclic amines) is 1. The van der Waals surface area contributed by atoms with Crippen molar-refractivity contribution in [3.05, 3.63) is 35.4 Å². The highest BCUT2D eigenvalue weighted by molar-refractivity contribution is 6.11. The van der Waals surface area contributed by atoms with Crippen LogP contribution in [0, 0.1) is 0 Å². The lowest BCUT2D eigenvalue weighted by atomic mass is 9.80. The third-order valence-corrected chi connectivity index (χ3v) is 4.55. The summed E-state index contributed by atoms with van der Waals surface area (Å²) in [6, 6.07) is 7.31. The second kappa shape index (κ2) is 5.61. The molecule has 1 saturated heterocycles. The fourth-order valence-electron chi connectivity index (χ4n) is 3.45. The number of halogens is 3. The molecule has 3 rings (SSSR count). The van der Waals surface area contributed by atoms with Crippen LogP contribution in [0.2, 0.25) is 0 Å². The minimum atomic E-state index is -4.54. The predicted octanol–water partition coefficient (Wildman–Crippen LogP) is 1.31. The van der Waals surface area contributed by atoms with Crippen molar-refractivity contribution in [2.45, 2.75) is 30.9 Å². The average Bonchev–Trinajstić information content (AvgIpc) is 2.99. The molecule has 2 aliphatic rings. The van der Waals surface area contributed by atoms with Gasteiger partial charge in [0.15, 0.2) is 0 Å². The molecule has 1 aromatic rings. The lowest BCUT2D eigenvalue weighted by Crippen LogP contribution is -2.45. The number of carbonyl (C=O) groups is 3. The van der Waals surface area contributed by atoms with Gasteiger partial charge in [0.2, 0.25) is 17.7 Å². The van der Waals surface area contributed by atoms with E-state index in [4.69, 9.17) is 0 Å². The molecule has 1 heterocycles. The molecule has 0 saturated carbocycles. The summed E-state index contributed by atoms with van der Waals surface area (Å²) in [5, 5.41) is 1.68. The first kappa shape index (κ1) is 16.5. The van der Waals surface area contributed by atoms with Gasteiger partial charge in [-0.25, -0.2) is 0 Å². The van der Waals surface area contributed by atoms with E-state index >= 15 is 0 Å². The van der Waals surface area contributed by atoms with Crippen LogP contribution in [-0.2, 0) is 26.2 Å². The number of rotatable bonds is 3. The monoisotopic (exact) mass is 340 g/mol. The highest BCUT2D eigenvalue weighted by atomic mass is 19.4. The maximum Gasteiger partial charge on any atom is 0.405 e. The SMILES string of the molecule is O=C(CN1C(=O)CC2(CCc3ccccc32)C1=O)NCC(F)(F)F. The van der Waals surface area contributed by atoms with Crippen LogP contribution in [0.4, 0.5) is 13.2 Å². The van der Waals surface area contributed by atoms with Crippen LogP contribution >= 0.6 is 0 Å². The number of carbonyl (C=O) groups excluding carboxylic acids is 3. The Bertz CT molecular complexity index is 717. The van der Waals surface area contributed by atoms with Gasteiger partial charge in [0, 0.05) is 6.42 Å². The first-order valence-electron chi connectivity index (χ1n) is 7.49. The fraction of sp³-hybridized carbons (Fsp3) is 0.438. The van der Waals surface area contributed by atoms with Crippen LogP contribution in [0.3, 0.4) is 0 Å². The maximum atomic E-state index is 12.7. The third-order valence-electron chi connectivity index (χ3n) is 4.55. The van der Waals surface area contributed by atoms with E-state index < -0.39 is 42.4 Å². The van der Waals surface area contributed by atoms with Crippen molar-refractivity contribution in [3.8, 4) is 0 Å². The molecule has 3 amide bonds. The van der Waals surface area contributed by atoms with E-state index in [9.17, 15) is 27.6 Å². The summed E-state index contributed by atoms with van der Waals surface area (Å²) in [7, 11) is 0.